The van der Waals surface area contributed by atoms with E-state index >= 15 is 0 Å². The molecule has 24 heavy (non-hydrogen) atoms. The average molecular weight is 330 g/mol. The lowest BCUT2D eigenvalue weighted by atomic mass is 10.1. The Morgan fingerprint density at radius 1 is 1.12 bits per heavy atom. The van der Waals surface area contributed by atoms with Crippen molar-refractivity contribution in [3.05, 3.63) is 29.8 Å². The fourth-order valence-electron chi connectivity index (χ4n) is 3.21. The number of hydrogen-bond acceptors (Lipinski definition) is 3. The zero-order chi connectivity index (χ0) is 16.9. The molecule has 2 aliphatic rings. The van der Waals surface area contributed by atoms with E-state index in [1.807, 2.05) is 34.1 Å². The number of aryl methyl sites for hydroxylation is 1. The molecular formula is C19H26N2O3. The molecule has 0 N–H and O–H groups in total. The highest BCUT2D eigenvalue weighted by Crippen LogP contribution is 2.31. The summed E-state index contributed by atoms with van der Waals surface area (Å²) in [7, 11) is 1.65. The minimum atomic E-state index is 0.179. The van der Waals surface area contributed by atoms with Crippen LogP contribution < -0.4 is 4.74 Å². The fourth-order valence-corrected chi connectivity index (χ4v) is 3.21. The predicted octanol–water partition coefficient (Wildman–Crippen LogP) is 2.10. The number of benzene rings is 1. The van der Waals surface area contributed by atoms with Gasteiger partial charge in [-0.3, -0.25) is 9.59 Å². The normalized spacial score (nSPS) is 18.2. The van der Waals surface area contributed by atoms with Crippen LogP contribution >= 0.6 is 0 Å². The van der Waals surface area contributed by atoms with Crippen LogP contribution in [-0.2, 0) is 16.0 Å². The maximum absolute atomic E-state index is 12.5. The van der Waals surface area contributed by atoms with Crippen LogP contribution in [0.15, 0.2) is 24.3 Å². The molecule has 1 aliphatic carbocycles. The smallest absolute Gasteiger partial charge is 0.225 e. The standard InChI is InChI=1S/C19H26N2O3/c1-24-17-5-2-4-15(14-17)6-9-18(22)20-10-3-11-21(13-12-20)19(23)16-7-8-16/h2,4-5,14,16H,3,6-13H2,1H3. The first-order valence-corrected chi connectivity index (χ1v) is 8.87. The molecule has 0 atom stereocenters. The zero-order valence-corrected chi connectivity index (χ0v) is 14.4. The summed E-state index contributed by atoms with van der Waals surface area (Å²) in [5.74, 6) is 1.56. The van der Waals surface area contributed by atoms with Crippen molar-refractivity contribution in [3.63, 3.8) is 0 Å². The Kier molecular flexibility index (Phi) is 5.38. The molecule has 1 aromatic rings. The highest BCUT2D eigenvalue weighted by molar-refractivity contribution is 5.81. The van der Waals surface area contributed by atoms with E-state index in [1.165, 1.54) is 0 Å². The molecule has 5 nitrogen and oxygen atoms in total. The molecule has 1 heterocycles. The second-order valence-electron chi connectivity index (χ2n) is 6.69. The molecule has 2 amide bonds. The van der Waals surface area contributed by atoms with Crippen LogP contribution in [0.3, 0.4) is 0 Å². The Balaban J connectivity index is 1.48. The lowest BCUT2D eigenvalue weighted by molar-refractivity contribution is -0.134. The number of amides is 2. The molecule has 1 aromatic carbocycles. The van der Waals surface area contributed by atoms with Gasteiger partial charge in [0.2, 0.25) is 11.8 Å². The summed E-state index contributed by atoms with van der Waals surface area (Å²) in [6.45, 7) is 2.88. The second kappa shape index (κ2) is 7.69. The van der Waals surface area contributed by atoms with Crippen LogP contribution in [0.25, 0.3) is 0 Å². The number of rotatable bonds is 5. The highest BCUT2D eigenvalue weighted by atomic mass is 16.5. The molecule has 0 bridgehead atoms. The van der Waals surface area contributed by atoms with E-state index in [2.05, 4.69) is 0 Å². The van der Waals surface area contributed by atoms with Crippen molar-refractivity contribution in [3.8, 4) is 5.75 Å². The van der Waals surface area contributed by atoms with Crippen molar-refractivity contribution in [1.29, 1.82) is 0 Å². The molecular weight excluding hydrogens is 304 g/mol. The quantitative estimate of drug-likeness (QED) is 0.831. The SMILES string of the molecule is COc1cccc(CCC(=O)N2CCCN(C(=O)C3CC3)CC2)c1. The van der Waals surface area contributed by atoms with E-state index < -0.39 is 0 Å². The number of nitrogens with zero attached hydrogens (tertiary/aromatic N) is 2. The maximum Gasteiger partial charge on any atom is 0.225 e. The predicted molar refractivity (Wildman–Crippen MR) is 91.8 cm³/mol. The number of methoxy groups -OCH3 is 1. The van der Waals surface area contributed by atoms with Gasteiger partial charge in [0.15, 0.2) is 0 Å². The van der Waals surface area contributed by atoms with Crippen molar-refractivity contribution in [2.75, 3.05) is 33.3 Å². The van der Waals surface area contributed by atoms with Gasteiger partial charge in [0.1, 0.15) is 5.75 Å². The molecule has 0 spiro atoms. The number of carbonyl (C=O) groups is 2. The van der Waals surface area contributed by atoms with Crippen LogP contribution in [0.4, 0.5) is 0 Å². The first kappa shape index (κ1) is 16.8. The van der Waals surface area contributed by atoms with Gasteiger partial charge in [0.05, 0.1) is 7.11 Å². The number of carbonyl (C=O) groups excluding carboxylic acids is 2. The first-order valence-electron chi connectivity index (χ1n) is 8.87. The molecule has 0 aromatic heterocycles. The van der Waals surface area contributed by atoms with Crippen LogP contribution in [-0.4, -0.2) is 54.9 Å². The monoisotopic (exact) mass is 330 g/mol. The molecule has 0 radical (unpaired) electrons. The summed E-state index contributed by atoms with van der Waals surface area (Å²) in [5, 5.41) is 0. The summed E-state index contributed by atoms with van der Waals surface area (Å²) in [6, 6.07) is 7.86. The summed E-state index contributed by atoms with van der Waals surface area (Å²) >= 11 is 0. The van der Waals surface area contributed by atoms with Crippen molar-refractivity contribution in [2.24, 2.45) is 5.92 Å². The van der Waals surface area contributed by atoms with Gasteiger partial charge in [-0.05, 0) is 43.4 Å². The number of ether oxygens (including phenoxy) is 1. The molecule has 2 fully saturated rings. The van der Waals surface area contributed by atoms with Crippen LogP contribution in [0.2, 0.25) is 0 Å². The Labute approximate surface area is 143 Å². The number of hydrogen-bond donors (Lipinski definition) is 0. The molecule has 3 rings (SSSR count). The highest BCUT2D eigenvalue weighted by Gasteiger charge is 2.34. The van der Waals surface area contributed by atoms with E-state index in [9.17, 15) is 9.59 Å². The van der Waals surface area contributed by atoms with Gasteiger partial charge in [-0.1, -0.05) is 12.1 Å². The van der Waals surface area contributed by atoms with E-state index in [0.29, 0.717) is 25.4 Å². The van der Waals surface area contributed by atoms with Gasteiger partial charge in [0, 0.05) is 38.5 Å². The van der Waals surface area contributed by atoms with Crippen molar-refractivity contribution >= 4 is 11.8 Å². The molecule has 1 saturated carbocycles. The molecule has 1 aliphatic heterocycles. The summed E-state index contributed by atoms with van der Waals surface area (Å²) in [4.78, 5) is 28.5. The van der Waals surface area contributed by atoms with Gasteiger partial charge in [-0.15, -0.1) is 0 Å². The van der Waals surface area contributed by atoms with Gasteiger partial charge in [-0.2, -0.15) is 0 Å². The first-order chi connectivity index (χ1) is 11.7. The van der Waals surface area contributed by atoms with Gasteiger partial charge in [0.25, 0.3) is 0 Å². The summed E-state index contributed by atoms with van der Waals surface area (Å²) in [5.41, 5.74) is 1.11. The van der Waals surface area contributed by atoms with E-state index in [0.717, 1.165) is 50.1 Å². The molecule has 130 valence electrons. The van der Waals surface area contributed by atoms with Gasteiger partial charge >= 0.3 is 0 Å². The van der Waals surface area contributed by atoms with Gasteiger partial charge < -0.3 is 14.5 Å². The lowest BCUT2D eigenvalue weighted by Gasteiger charge is -2.22. The minimum Gasteiger partial charge on any atom is -0.497 e. The summed E-state index contributed by atoms with van der Waals surface area (Å²) < 4.78 is 5.22. The van der Waals surface area contributed by atoms with Crippen LogP contribution in [0.5, 0.6) is 5.75 Å². The van der Waals surface area contributed by atoms with Crippen LogP contribution in [0, 0.1) is 5.92 Å². The minimum absolute atomic E-state index is 0.179. The second-order valence-corrected chi connectivity index (χ2v) is 6.69. The lowest BCUT2D eigenvalue weighted by Crippen LogP contribution is -2.38. The van der Waals surface area contributed by atoms with Crippen LogP contribution in [0.1, 0.15) is 31.2 Å². The summed E-state index contributed by atoms with van der Waals surface area (Å²) in [6.07, 6.45) is 4.18. The third-order valence-electron chi connectivity index (χ3n) is 4.85. The van der Waals surface area contributed by atoms with Gasteiger partial charge in [-0.25, -0.2) is 0 Å². The molecule has 5 heteroatoms. The fraction of sp³-hybridized carbons (Fsp3) is 0.579. The topological polar surface area (TPSA) is 49.9 Å². The van der Waals surface area contributed by atoms with Crippen molar-refractivity contribution in [1.82, 2.24) is 9.80 Å². The average Bonchev–Trinajstić information content (AvgIpc) is 3.45. The van der Waals surface area contributed by atoms with E-state index in [-0.39, 0.29) is 11.8 Å². The molecule has 1 saturated heterocycles. The Morgan fingerprint density at radius 2 is 1.88 bits per heavy atom. The Morgan fingerprint density at radius 3 is 2.62 bits per heavy atom. The van der Waals surface area contributed by atoms with Crippen molar-refractivity contribution in [2.45, 2.75) is 32.1 Å². The third-order valence-corrected chi connectivity index (χ3v) is 4.85. The maximum atomic E-state index is 12.5. The third kappa shape index (κ3) is 4.28. The van der Waals surface area contributed by atoms with E-state index in [4.69, 9.17) is 4.74 Å². The zero-order valence-electron chi connectivity index (χ0n) is 14.4. The largest absolute Gasteiger partial charge is 0.497 e. The van der Waals surface area contributed by atoms with E-state index in [1.54, 1.807) is 7.11 Å². The Bertz CT molecular complexity index is 598. The molecule has 0 unspecified atom stereocenters. The van der Waals surface area contributed by atoms with Crippen molar-refractivity contribution < 1.29 is 14.3 Å². The Hall–Kier alpha value is -2.04.